The van der Waals surface area contributed by atoms with Gasteiger partial charge in [0.25, 0.3) is 0 Å². The molecule has 1 fully saturated rings. The van der Waals surface area contributed by atoms with Crippen LogP contribution in [-0.2, 0) is 14.3 Å². The Labute approximate surface area is 138 Å². The molecule has 23 heavy (non-hydrogen) atoms. The summed E-state index contributed by atoms with van der Waals surface area (Å²) in [4.78, 5) is 25.7. The van der Waals surface area contributed by atoms with Crippen LogP contribution in [0.1, 0.15) is 31.2 Å². The predicted octanol–water partition coefficient (Wildman–Crippen LogP) is 0.140. The van der Waals surface area contributed by atoms with Crippen LogP contribution < -0.4 is 10.2 Å². The molecule has 1 saturated heterocycles. The molecular formula is C14H22N4O4S. The van der Waals surface area contributed by atoms with Crippen LogP contribution in [0, 0.1) is 5.92 Å². The van der Waals surface area contributed by atoms with E-state index in [-0.39, 0.29) is 43.3 Å². The zero-order valence-electron chi connectivity index (χ0n) is 13.3. The first-order chi connectivity index (χ1) is 11.0. The van der Waals surface area contributed by atoms with E-state index in [9.17, 15) is 9.59 Å². The van der Waals surface area contributed by atoms with E-state index in [1.54, 1.807) is 0 Å². The third-order valence-electron chi connectivity index (χ3n) is 3.43. The number of hydrogen-bond donors (Lipinski definition) is 2. The molecule has 1 atom stereocenters. The fraction of sp³-hybridized carbons (Fsp3) is 0.714. The number of nitrogens with zero attached hydrogens (tertiary/aromatic N) is 3. The molecule has 1 aromatic rings. The minimum atomic E-state index is -0.383. The van der Waals surface area contributed by atoms with E-state index in [2.05, 4.69) is 15.5 Å². The summed E-state index contributed by atoms with van der Waals surface area (Å²) in [6.45, 7) is 5.27. The minimum Gasteiger partial charge on any atom is -0.394 e. The van der Waals surface area contributed by atoms with Crippen LogP contribution in [0.25, 0.3) is 0 Å². The van der Waals surface area contributed by atoms with Gasteiger partial charge in [0, 0.05) is 25.4 Å². The van der Waals surface area contributed by atoms with Gasteiger partial charge in [0.1, 0.15) is 5.01 Å². The molecule has 0 bridgehead atoms. The molecule has 1 unspecified atom stereocenters. The number of carbonyl (C=O) groups excluding carboxylic acids is 2. The van der Waals surface area contributed by atoms with Gasteiger partial charge in [-0.1, -0.05) is 25.2 Å². The molecule has 0 saturated carbocycles. The summed E-state index contributed by atoms with van der Waals surface area (Å²) in [7, 11) is 0. The summed E-state index contributed by atoms with van der Waals surface area (Å²) in [5, 5.41) is 20.9. The number of rotatable bonds is 8. The Balaban J connectivity index is 1.85. The van der Waals surface area contributed by atoms with E-state index in [4.69, 9.17) is 9.84 Å². The molecule has 0 spiro atoms. The van der Waals surface area contributed by atoms with Crippen LogP contribution in [0.2, 0.25) is 0 Å². The highest BCUT2D eigenvalue weighted by Gasteiger charge is 2.36. The van der Waals surface area contributed by atoms with Crippen molar-refractivity contribution < 1.29 is 19.4 Å². The molecule has 2 rings (SSSR count). The molecule has 8 nitrogen and oxygen atoms in total. The standard InChI is InChI=1S/C14H22N4O4S/c1-9(2)13-16-17-14(23-13)18-8-10(7-11(18)20)12(21)15-3-5-22-6-4-19/h9-10,19H,3-8H2,1-2H3,(H,15,21). The summed E-state index contributed by atoms with van der Waals surface area (Å²) in [5.74, 6) is -0.390. The summed E-state index contributed by atoms with van der Waals surface area (Å²) in [5.41, 5.74) is 0. The second-order valence-corrected chi connectivity index (χ2v) is 6.60. The first kappa shape index (κ1) is 17.8. The second kappa shape index (κ2) is 8.32. The smallest absolute Gasteiger partial charge is 0.229 e. The number of aliphatic hydroxyl groups excluding tert-OH is 1. The van der Waals surface area contributed by atoms with Gasteiger partial charge in [-0.3, -0.25) is 14.5 Å². The van der Waals surface area contributed by atoms with E-state index in [1.165, 1.54) is 16.2 Å². The van der Waals surface area contributed by atoms with Gasteiger partial charge in [-0.15, -0.1) is 10.2 Å². The van der Waals surface area contributed by atoms with E-state index in [0.717, 1.165) is 5.01 Å². The lowest BCUT2D eigenvalue weighted by Crippen LogP contribution is -2.35. The highest BCUT2D eigenvalue weighted by Crippen LogP contribution is 2.30. The van der Waals surface area contributed by atoms with Crippen molar-refractivity contribution in [1.82, 2.24) is 15.5 Å². The summed E-state index contributed by atoms with van der Waals surface area (Å²) >= 11 is 1.39. The largest absolute Gasteiger partial charge is 0.394 e. The Kier molecular flexibility index (Phi) is 6.43. The van der Waals surface area contributed by atoms with Crippen LogP contribution >= 0.6 is 11.3 Å². The molecule has 128 valence electrons. The van der Waals surface area contributed by atoms with E-state index in [1.807, 2.05) is 13.8 Å². The molecule has 1 aliphatic heterocycles. The van der Waals surface area contributed by atoms with Crippen LogP contribution in [0.4, 0.5) is 5.13 Å². The van der Waals surface area contributed by atoms with E-state index in [0.29, 0.717) is 24.8 Å². The zero-order valence-corrected chi connectivity index (χ0v) is 14.1. The third-order valence-corrected chi connectivity index (χ3v) is 4.68. The molecule has 1 aliphatic rings. The lowest BCUT2D eigenvalue weighted by atomic mass is 10.1. The second-order valence-electron chi connectivity index (χ2n) is 5.61. The quantitative estimate of drug-likeness (QED) is 0.651. The van der Waals surface area contributed by atoms with E-state index >= 15 is 0 Å². The Hall–Kier alpha value is -1.58. The van der Waals surface area contributed by atoms with Crippen molar-refractivity contribution in [3.8, 4) is 0 Å². The third kappa shape index (κ3) is 4.69. The van der Waals surface area contributed by atoms with Gasteiger partial charge in [0.15, 0.2) is 0 Å². The van der Waals surface area contributed by atoms with Crippen molar-refractivity contribution in [2.24, 2.45) is 5.92 Å². The van der Waals surface area contributed by atoms with Gasteiger partial charge in [0.05, 0.1) is 25.7 Å². The Morgan fingerprint density at radius 3 is 2.91 bits per heavy atom. The van der Waals surface area contributed by atoms with Gasteiger partial charge in [-0.2, -0.15) is 0 Å². The van der Waals surface area contributed by atoms with Gasteiger partial charge in [-0.05, 0) is 0 Å². The molecule has 9 heteroatoms. The first-order valence-electron chi connectivity index (χ1n) is 7.63. The van der Waals surface area contributed by atoms with Crippen molar-refractivity contribution in [3.63, 3.8) is 0 Å². The van der Waals surface area contributed by atoms with Crippen molar-refractivity contribution in [2.45, 2.75) is 26.2 Å². The number of carbonyl (C=O) groups is 2. The van der Waals surface area contributed by atoms with Crippen LogP contribution in [0.5, 0.6) is 0 Å². The van der Waals surface area contributed by atoms with Gasteiger partial charge < -0.3 is 15.2 Å². The number of anilines is 1. The lowest BCUT2D eigenvalue weighted by molar-refractivity contribution is -0.126. The molecule has 0 aliphatic carbocycles. The number of nitrogens with one attached hydrogen (secondary N) is 1. The molecular weight excluding hydrogens is 320 g/mol. The number of hydrogen-bond acceptors (Lipinski definition) is 7. The van der Waals surface area contributed by atoms with Crippen LogP contribution in [-0.4, -0.2) is 60.0 Å². The number of aliphatic hydroxyl groups is 1. The summed E-state index contributed by atoms with van der Waals surface area (Å²) in [6.07, 6.45) is 0.180. The summed E-state index contributed by atoms with van der Waals surface area (Å²) < 4.78 is 5.07. The minimum absolute atomic E-state index is 0.0414. The lowest BCUT2D eigenvalue weighted by Gasteiger charge is -2.12. The monoisotopic (exact) mass is 342 g/mol. The average Bonchev–Trinajstić information content (AvgIpc) is 3.13. The Morgan fingerprint density at radius 2 is 2.26 bits per heavy atom. The van der Waals surface area contributed by atoms with Crippen molar-refractivity contribution >= 4 is 28.3 Å². The Bertz CT molecular complexity index is 549. The normalized spacial score (nSPS) is 18.0. The van der Waals surface area contributed by atoms with Crippen molar-refractivity contribution in [3.05, 3.63) is 5.01 Å². The van der Waals surface area contributed by atoms with Gasteiger partial charge >= 0.3 is 0 Å². The maximum Gasteiger partial charge on any atom is 0.229 e. The summed E-state index contributed by atoms with van der Waals surface area (Å²) in [6, 6.07) is 0. The highest BCUT2D eigenvalue weighted by atomic mass is 32.1. The van der Waals surface area contributed by atoms with Gasteiger partial charge in [0.2, 0.25) is 16.9 Å². The predicted molar refractivity (Wildman–Crippen MR) is 85.4 cm³/mol. The fourth-order valence-corrected chi connectivity index (χ4v) is 3.07. The first-order valence-corrected chi connectivity index (χ1v) is 8.44. The molecule has 2 amide bonds. The van der Waals surface area contributed by atoms with Crippen LogP contribution in [0.15, 0.2) is 0 Å². The molecule has 0 aromatic carbocycles. The topological polar surface area (TPSA) is 105 Å². The maximum absolute atomic E-state index is 12.1. The zero-order chi connectivity index (χ0) is 16.8. The fourth-order valence-electron chi connectivity index (χ4n) is 2.19. The highest BCUT2D eigenvalue weighted by molar-refractivity contribution is 7.15. The van der Waals surface area contributed by atoms with Crippen molar-refractivity contribution in [1.29, 1.82) is 0 Å². The molecule has 2 N–H and O–H groups in total. The average molecular weight is 342 g/mol. The number of ether oxygens (including phenoxy) is 1. The van der Waals surface area contributed by atoms with E-state index < -0.39 is 0 Å². The SMILES string of the molecule is CC(C)c1nnc(N2CC(C(=O)NCCOCCO)CC2=O)s1. The Morgan fingerprint density at radius 1 is 1.48 bits per heavy atom. The molecule has 1 aromatic heterocycles. The van der Waals surface area contributed by atoms with Gasteiger partial charge in [-0.25, -0.2) is 0 Å². The molecule has 2 heterocycles. The van der Waals surface area contributed by atoms with Crippen LogP contribution in [0.3, 0.4) is 0 Å². The number of amides is 2. The van der Waals surface area contributed by atoms with Crippen molar-refractivity contribution in [2.75, 3.05) is 37.8 Å². The number of aromatic nitrogens is 2. The molecule has 0 radical (unpaired) electrons. The maximum atomic E-state index is 12.1.